The fourth-order valence-electron chi connectivity index (χ4n) is 6.93. The Balaban J connectivity index is 1.21. The van der Waals surface area contributed by atoms with Crippen molar-refractivity contribution in [3.63, 3.8) is 0 Å². The van der Waals surface area contributed by atoms with Crippen LogP contribution in [0.5, 0.6) is 5.75 Å². The average molecular weight is 787 g/mol. The molecule has 0 bridgehead atoms. The molecule has 7 N–H and O–H groups in total. The zero-order valence-electron chi connectivity index (χ0n) is 28.6. The monoisotopic (exact) mass is 785 g/mol. The number of anilines is 1. The highest BCUT2D eigenvalue weighted by molar-refractivity contribution is 6.41. The summed E-state index contributed by atoms with van der Waals surface area (Å²) in [6.07, 6.45) is 0. The SMILES string of the molecule is N=c1ccc2c(-c3c(Cl)c(C(=O)NCc4ccc(-c5c6ccc(=O)cc-6oc6cc(O)ccc56)c(C(=O)O)c4)cc(Cl)c3C(=O)O)c3ccc(N)cc3oc-2c1. The molecule has 4 aliphatic rings. The summed E-state index contributed by atoms with van der Waals surface area (Å²) >= 11 is 13.6. The molecule has 2 aliphatic carbocycles. The molecule has 56 heavy (non-hydrogen) atoms. The van der Waals surface area contributed by atoms with Crippen molar-refractivity contribution in [3.05, 3.63) is 145 Å². The molecule has 276 valence electrons. The molecule has 1 amide bonds. The summed E-state index contributed by atoms with van der Waals surface area (Å²) in [5, 5.41) is 42.3. The topological polar surface area (TPSA) is 217 Å². The standard InChI is InChI=1S/C42H25Cl2N3O9/c43-30-16-29(39(44)38(37(30)42(53)54)36-26-7-2-19(45)12-31(26)55-32-13-20(46)3-8-27(32)36)40(50)47-17-18-1-6-23(28(11-18)41(51)52)35-24-9-4-21(48)14-33(24)56-34-15-22(49)5-10-25(34)35/h1-16,45,48H,17,46H2,(H,47,50)(H,51,52)(H,53,54). The van der Waals surface area contributed by atoms with Crippen LogP contribution < -0.4 is 21.8 Å². The zero-order chi connectivity index (χ0) is 39.6. The smallest absolute Gasteiger partial charge is 0.337 e. The number of rotatable bonds is 7. The molecule has 0 aromatic heterocycles. The van der Waals surface area contributed by atoms with Crippen LogP contribution in [0.25, 0.3) is 66.8 Å². The van der Waals surface area contributed by atoms with Crippen LogP contribution in [0.2, 0.25) is 10.0 Å². The number of carbonyl (C=O) groups is 3. The van der Waals surface area contributed by atoms with Gasteiger partial charge in [0.15, 0.2) is 5.43 Å². The van der Waals surface area contributed by atoms with Gasteiger partial charge in [0.25, 0.3) is 5.91 Å². The summed E-state index contributed by atoms with van der Waals surface area (Å²) in [4.78, 5) is 51.6. The number of nitrogens with two attached hydrogens (primary N) is 1. The van der Waals surface area contributed by atoms with Crippen LogP contribution in [0.4, 0.5) is 5.69 Å². The van der Waals surface area contributed by atoms with E-state index in [0.29, 0.717) is 44.3 Å². The van der Waals surface area contributed by atoms with Gasteiger partial charge >= 0.3 is 11.9 Å². The van der Waals surface area contributed by atoms with Crippen molar-refractivity contribution in [2.75, 3.05) is 5.73 Å². The third kappa shape index (κ3) is 6.12. The predicted octanol–water partition coefficient (Wildman–Crippen LogP) is 8.48. The van der Waals surface area contributed by atoms with Crippen molar-refractivity contribution in [2.45, 2.75) is 6.54 Å². The first-order valence-corrected chi connectivity index (χ1v) is 17.5. The number of aromatic carboxylic acids is 2. The number of carbonyl (C=O) groups excluding carboxylic acids is 1. The molecule has 4 aromatic rings. The quantitative estimate of drug-likeness (QED) is 0.0669. The van der Waals surface area contributed by atoms with Crippen LogP contribution in [0.1, 0.15) is 36.6 Å². The minimum absolute atomic E-state index is 0.0610. The van der Waals surface area contributed by atoms with Crippen molar-refractivity contribution in [3.8, 4) is 50.7 Å². The van der Waals surface area contributed by atoms with Crippen molar-refractivity contribution in [1.82, 2.24) is 5.32 Å². The number of hydrogen-bond acceptors (Lipinski definition) is 9. The largest absolute Gasteiger partial charge is 0.508 e. The van der Waals surface area contributed by atoms with Gasteiger partial charge in [-0.3, -0.25) is 9.59 Å². The average Bonchev–Trinajstić information content (AvgIpc) is 3.15. The van der Waals surface area contributed by atoms with Crippen molar-refractivity contribution < 1.29 is 38.5 Å². The Morgan fingerprint density at radius 1 is 0.696 bits per heavy atom. The summed E-state index contributed by atoms with van der Waals surface area (Å²) in [6.45, 7) is -0.177. The minimum Gasteiger partial charge on any atom is -0.508 e. The van der Waals surface area contributed by atoms with Gasteiger partial charge in [0.05, 0.1) is 32.1 Å². The van der Waals surface area contributed by atoms with E-state index < -0.39 is 17.8 Å². The number of nitrogen functional groups attached to an aromatic ring is 1. The molecular formula is C42H25Cl2N3O9. The van der Waals surface area contributed by atoms with Gasteiger partial charge in [-0.1, -0.05) is 35.3 Å². The Labute approximate surface area is 324 Å². The van der Waals surface area contributed by atoms with Crippen LogP contribution in [0.15, 0.2) is 111 Å². The number of phenols is 1. The number of carboxylic acids is 2. The number of hydrogen-bond donors (Lipinski definition) is 6. The van der Waals surface area contributed by atoms with Gasteiger partial charge in [-0.25, -0.2) is 9.59 Å². The molecule has 0 unspecified atom stereocenters. The molecule has 12 nitrogen and oxygen atoms in total. The molecule has 0 spiro atoms. The first-order valence-electron chi connectivity index (χ1n) is 16.7. The third-order valence-corrected chi connectivity index (χ3v) is 10.1. The van der Waals surface area contributed by atoms with Crippen molar-refractivity contribution in [2.24, 2.45) is 0 Å². The molecular weight excluding hydrogens is 761 g/mol. The van der Waals surface area contributed by atoms with Crippen LogP contribution in [-0.4, -0.2) is 33.2 Å². The highest BCUT2D eigenvalue weighted by Crippen LogP contribution is 2.47. The number of nitrogens with one attached hydrogen (secondary N) is 2. The van der Waals surface area contributed by atoms with E-state index in [2.05, 4.69) is 5.32 Å². The maximum absolute atomic E-state index is 13.9. The molecule has 0 fully saturated rings. The van der Waals surface area contributed by atoms with E-state index in [1.54, 1.807) is 48.5 Å². The van der Waals surface area contributed by atoms with Gasteiger partial charge in [0.1, 0.15) is 28.4 Å². The van der Waals surface area contributed by atoms with E-state index in [4.69, 9.17) is 43.2 Å². The third-order valence-electron chi connectivity index (χ3n) is 9.38. The molecule has 0 saturated heterocycles. The lowest BCUT2D eigenvalue weighted by molar-refractivity contribution is 0.0687. The first kappa shape index (κ1) is 35.9. The molecule has 8 rings (SSSR count). The summed E-state index contributed by atoms with van der Waals surface area (Å²) in [5.41, 5.74) is 8.16. The van der Waals surface area contributed by atoms with E-state index in [-0.39, 0.29) is 83.6 Å². The van der Waals surface area contributed by atoms with E-state index in [1.807, 2.05) is 0 Å². The number of amides is 1. The fraction of sp³-hybridized carbons (Fsp3) is 0.0238. The highest BCUT2D eigenvalue weighted by atomic mass is 35.5. The number of carboxylic acid groups (broad SMARTS) is 2. The fourth-order valence-corrected chi connectivity index (χ4v) is 7.55. The lowest BCUT2D eigenvalue weighted by Crippen LogP contribution is -2.24. The Bertz CT molecular complexity index is 3060. The van der Waals surface area contributed by atoms with Gasteiger partial charge in [0, 0.05) is 75.1 Å². The van der Waals surface area contributed by atoms with E-state index >= 15 is 0 Å². The van der Waals surface area contributed by atoms with Gasteiger partial charge in [0.2, 0.25) is 0 Å². The van der Waals surface area contributed by atoms with E-state index in [1.165, 1.54) is 42.5 Å². The number of benzene rings is 6. The second kappa shape index (κ2) is 13.6. The lowest BCUT2D eigenvalue weighted by atomic mass is 9.89. The molecule has 2 aliphatic heterocycles. The van der Waals surface area contributed by atoms with Crippen molar-refractivity contribution >= 4 is 68.7 Å². The van der Waals surface area contributed by atoms with Crippen LogP contribution in [0.3, 0.4) is 0 Å². The van der Waals surface area contributed by atoms with E-state index in [9.17, 15) is 34.5 Å². The number of phenolic OH excluding ortho intramolecular Hbond substituents is 1. The second-order valence-electron chi connectivity index (χ2n) is 12.9. The van der Waals surface area contributed by atoms with Gasteiger partial charge < -0.3 is 40.6 Å². The Morgan fingerprint density at radius 3 is 2.11 bits per heavy atom. The Kier molecular flexibility index (Phi) is 8.71. The molecule has 0 radical (unpaired) electrons. The number of halogens is 2. The van der Waals surface area contributed by atoms with Crippen LogP contribution in [-0.2, 0) is 6.54 Å². The van der Waals surface area contributed by atoms with Crippen LogP contribution >= 0.6 is 23.2 Å². The minimum atomic E-state index is -1.41. The van der Waals surface area contributed by atoms with E-state index in [0.717, 1.165) is 6.07 Å². The summed E-state index contributed by atoms with van der Waals surface area (Å²) in [7, 11) is 0. The molecule has 14 heteroatoms. The summed E-state index contributed by atoms with van der Waals surface area (Å²) in [5.74, 6) is -3.08. The molecule has 2 heterocycles. The highest BCUT2D eigenvalue weighted by Gasteiger charge is 2.30. The van der Waals surface area contributed by atoms with Gasteiger partial charge in [-0.05, 0) is 71.8 Å². The Morgan fingerprint density at radius 2 is 1.36 bits per heavy atom. The maximum atomic E-state index is 13.9. The predicted molar refractivity (Wildman–Crippen MR) is 210 cm³/mol. The van der Waals surface area contributed by atoms with Gasteiger partial charge in [-0.2, -0.15) is 0 Å². The van der Waals surface area contributed by atoms with Gasteiger partial charge in [-0.15, -0.1) is 0 Å². The molecule has 4 aromatic carbocycles. The first-order chi connectivity index (χ1) is 26.8. The molecule has 0 saturated carbocycles. The van der Waals surface area contributed by atoms with Crippen molar-refractivity contribution in [1.29, 1.82) is 5.41 Å². The van der Waals surface area contributed by atoms with Crippen LogP contribution in [0, 0.1) is 5.41 Å². The maximum Gasteiger partial charge on any atom is 0.337 e. The zero-order valence-corrected chi connectivity index (χ0v) is 30.1. The Hall–Kier alpha value is -7.15. The number of fused-ring (bicyclic) bond motifs is 4. The molecule has 0 atom stereocenters. The summed E-state index contributed by atoms with van der Waals surface area (Å²) in [6, 6.07) is 23.6. The second-order valence-corrected chi connectivity index (χ2v) is 13.7. The summed E-state index contributed by atoms with van der Waals surface area (Å²) < 4.78 is 12.0. The lowest BCUT2D eigenvalue weighted by Gasteiger charge is -2.20. The number of aromatic hydroxyl groups is 1. The normalized spacial score (nSPS) is 11.4.